The van der Waals surface area contributed by atoms with E-state index < -0.39 is 10.0 Å². The molecule has 1 N–H and O–H groups in total. The summed E-state index contributed by atoms with van der Waals surface area (Å²) in [7, 11) is -3.59. The van der Waals surface area contributed by atoms with Gasteiger partial charge in [-0.25, -0.2) is 18.1 Å². The zero-order valence-corrected chi connectivity index (χ0v) is 11.8. The first kappa shape index (κ1) is 15.3. The Morgan fingerprint density at radius 1 is 1.39 bits per heavy atom. The highest BCUT2D eigenvalue weighted by Gasteiger charge is 2.15. The van der Waals surface area contributed by atoms with Crippen molar-refractivity contribution in [1.82, 2.24) is 9.71 Å². The Balaban J connectivity index is 2.63. The minimum Gasteiger partial charge on any atom is -0.242 e. The second kappa shape index (κ2) is 6.95. The zero-order valence-electron chi connectivity index (χ0n) is 9.49. The molecule has 0 saturated carbocycles. The molecule has 0 aromatic carbocycles. The molecular weight excluding hydrogens is 295 g/mol. The maximum Gasteiger partial charge on any atom is 0.242 e. The normalized spacial score (nSPS) is 11.2. The van der Waals surface area contributed by atoms with Crippen LogP contribution in [0, 0.1) is 12.3 Å². The fourth-order valence-corrected chi connectivity index (χ4v) is 2.57. The Morgan fingerprint density at radius 3 is 2.72 bits per heavy atom. The number of aromatic nitrogens is 1. The number of hydrogen-bond acceptors (Lipinski definition) is 3. The van der Waals surface area contributed by atoms with Gasteiger partial charge in [0.25, 0.3) is 0 Å². The standard InChI is InChI=1S/C11H12Cl2N2O2S/c1-2-3-4-5-6-15-18(16,17)9-7-10(12)11(13)14-8-9/h1,7-8,15H,3-6H2. The van der Waals surface area contributed by atoms with Crippen molar-refractivity contribution in [2.45, 2.75) is 24.2 Å². The highest BCUT2D eigenvalue weighted by Crippen LogP contribution is 2.21. The summed E-state index contributed by atoms with van der Waals surface area (Å²) < 4.78 is 26.1. The molecule has 1 aromatic rings. The van der Waals surface area contributed by atoms with Crippen LogP contribution in [0.5, 0.6) is 0 Å². The first-order valence-corrected chi connectivity index (χ1v) is 7.45. The summed E-state index contributed by atoms with van der Waals surface area (Å²) in [4.78, 5) is 3.68. The van der Waals surface area contributed by atoms with Crippen LogP contribution in [0.1, 0.15) is 19.3 Å². The van der Waals surface area contributed by atoms with Crippen LogP contribution in [-0.4, -0.2) is 19.9 Å². The second-order valence-electron chi connectivity index (χ2n) is 3.50. The van der Waals surface area contributed by atoms with Crippen LogP contribution in [0.25, 0.3) is 0 Å². The summed E-state index contributed by atoms with van der Waals surface area (Å²) in [6, 6.07) is 1.26. The molecule has 0 amide bonds. The molecule has 0 aliphatic rings. The van der Waals surface area contributed by atoms with Gasteiger partial charge in [0, 0.05) is 19.2 Å². The van der Waals surface area contributed by atoms with E-state index in [0.717, 1.165) is 12.6 Å². The number of nitrogens with zero attached hydrogens (tertiary/aromatic N) is 1. The van der Waals surface area contributed by atoms with Crippen LogP contribution < -0.4 is 4.72 Å². The number of rotatable bonds is 6. The Kier molecular flexibility index (Phi) is 5.89. The maximum atomic E-state index is 11.8. The molecule has 1 aromatic heterocycles. The van der Waals surface area contributed by atoms with Crippen molar-refractivity contribution in [3.63, 3.8) is 0 Å². The van der Waals surface area contributed by atoms with Crippen LogP contribution in [0.4, 0.5) is 0 Å². The van der Waals surface area contributed by atoms with Gasteiger partial charge in [-0.1, -0.05) is 23.2 Å². The van der Waals surface area contributed by atoms with Gasteiger partial charge in [0.1, 0.15) is 10.0 Å². The SMILES string of the molecule is C#CCCCCNS(=O)(=O)c1cnc(Cl)c(Cl)c1. The molecular formula is C11H12Cl2N2O2S. The third kappa shape index (κ3) is 4.46. The van der Waals surface area contributed by atoms with E-state index in [-0.39, 0.29) is 15.1 Å². The Labute approximate surface area is 117 Å². The molecule has 0 saturated heterocycles. The van der Waals surface area contributed by atoms with E-state index in [9.17, 15) is 8.42 Å². The number of nitrogens with one attached hydrogen (secondary N) is 1. The van der Waals surface area contributed by atoms with Crippen molar-refractivity contribution in [2.75, 3.05) is 6.54 Å². The van der Waals surface area contributed by atoms with E-state index in [2.05, 4.69) is 15.6 Å². The van der Waals surface area contributed by atoms with Crippen molar-refractivity contribution < 1.29 is 8.42 Å². The van der Waals surface area contributed by atoms with Crippen LogP contribution in [0.15, 0.2) is 17.2 Å². The molecule has 0 unspecified atom stereocenters. The zero-order chi connectivity index (χ0) is 13.6. The molecule has 1 heterocycles. The summed E-state index contributed by atoms with van der Waals surface area (Å²) in [5, 5.41) is 0.177. The largest absolute Gasteiger partial charge is 0.242 e. The van der Waals surface area contributed by atoms with Gasteiger partial charge < -0.3 is 0 Å². The number of halogens is 2. The lowest BCUT2D eigenvalue weighted by Crippen LogP contribution is -2.24. The summed E-state index contributed by atoms with van der Waals surface area (Å²) in [6.45, 7) is 0.324. The van der Waals surface area contributed by atoms with E-state index in [1.54, 1.807) is 0 Å². The predicted octanol–water partition coefficient (Wildman–Crippen LogP) is 2.47. The number of pyridine rings is 1. The van der Waals surface area contributed by atoms with E-state index in [0.29, 0.717) is 19.4 Å². The van der Waals surface area contributed by atoms with Gasteiger partial charge in [-0.3, -0.25) is 0 Å². The average molecular weight is 307 g/mol. The summed E-state index contributed by atoms with van der Waals surface area (Å²) in [6.07, 6.45) is 8.35. The first-order chi connectivity index (χ1) is 8.47. The van der Waals surface area contributed by atoms with Crippen LogP contribution in [0.2, 0.25) is 10.2 Å². The van der Waals surface area contributed by atoms with Crippen molar-refractivity contribution in [3.05, 3.63) is 22.4 Å². The first-order valence-electron chi connectivity index (χ1n) is 5.21. The minimum absolute atomic E-state index is 0.00569. The Hall–Kier alpha value is -0.800. The lowest BCUT2D eigenvalue weighted by Gasteiger charge is -2.06. The summed E-state index contributed by atoms with van der Waals surface area (Å²) in [5.74, 6) is 2.49. The molecule has 0 spiro atoms. The molecule has 0 fully saturated rings. The molecule has 0 atom stereocenters. The number of sulfonamides is 1. The lowest BCUT2D eigenvalue weighted by molar-refractivity contribution is 0.577. The van der Waals surface area contributed by atoms with Crippen LogP contribution in [0.3, 0.4) is 0 Å². The van der Waals surface area contributed by atoms with Gasteiger partial charge >= 0.3 is 0 Å². The van der Waals surface area contributed by atoms with Gasteiger partial charge in [0.05, 0.1) is 5.02 Å². The average Bonchev–Trinajstić information content (AvgIpc) is 2.32. The molecule has 4 nitrogen and oxygen atoms in total. The molecule has 1 rings (SSSR count). The van der Waals surface area contributed by atoms with E-state index in [1.807, 2.05) is 0 Å². The lowest BCUT2D eigenvalue weighted by atomic mass is 10.2. The quantitative estimate of drug-likeness (QED) is 0.499. The fraction of sp³-hybridized carbons (Fsp3) is 0.364. The second-order valence-corrected chi connectivity index (χ2v) is 6.03. The molecule has 0 radical (unpaired) electrons. The van der Waals surface area contributed by atoms with E-state index in [4.69, 9.17) is 29.6 Å². The van der Waals surface area contributed by atoms with Gasteiger partial charge in [-0.15, -0.1) is 12.3 Å². The number of terminal acetylenes is 1. The fourth-order valence-electron chi connectivity index (χ4n) is 1.19. The molecule has 18 heavy (non-hydrogen) atoms. The highest BCUT2D eigenvalue weighted by atomic mass is 35.5. The van der Waals surface area contributed by atoms with Crippen LogP contribution >= 0.6 is 23.2 Å². The van der Waals surface area contributed by atoms with Gasteiger partial charge in [-0.2, -0.15) is 0 Å². The molecule has 0 bridgehead atoms. The van der Waals surface area contributed by atoms with E-state index in [1.165, 1.54) is 6.07 Å². The Morgan fingerprint density at radius 2 is 2.11 bits per heavy atom. The van der Waals surface area contributed by atoms with Gasteiger partial charge in [-0.05, 0) is 18.9 Å². The summed E-state index contributed by atoms with van der Waals surface area (Å²) >= 11 is 11.3. The predicted molar refractivity (Wildman–Crippen MR) is 72.1 cm³/mol. The molecule has 0 aliphatic heterocycles. The number of unbranched alkanes of at least 4 members (excludes halogenated alkanes) is 2. The maximum absolute atomic E-state index is 11.8. The monoisotopic (exact) mass is 306 g/mol. The topological polar surface area (TPSA) is 59.1 Å². The molecule has 0 aliphatic carbocycles. The van der Waals surface area contributed by atoms with Gasteiger partial charge in [0.15, 0.2) is 0 Å². The van der Waals surface area contributed by atoms with Gasteiger partial charge in [0.2, 0.25) is 10.0 Å². The Bertz CT molecular complexity index is 553. The molecule has 7 heteroatoms. The van der Waals surface area contributed by atoms with Crippen molar-refractivity contribution in [1.29, 1.82) is 0 Å². The molecule has 98 valence electrons. The number of hydrogen-bond donors (Lipinski definition) is 1. The van der Waals surface area contributed by atoms with Crippen molar-refractivity contribution in [3.8, 4) is 12.3 Å². The highest BCUT2D eigenvalue weighted by molar-refractivity contribution is 7.89. The summed E-state index contributed by atoms with van der Waals surface area (Å²) in [5.41, 5.74) is 0. The van der Waals surface area contributed by atoms with E-state index >= 15 is 0 Å². The van der Waals surface area contributed by atoms with Crippen LogP contribution in [-0.2, 0) is 10.0 Å². The third-order valence-corrected chi connectivity index (χ3v) is 4.24. The third-order valence-electron chi connectivity index (χ3n) is 2.12. The van der Waals surface area contributed by atoms with Crippen molar-refractivity contribution in [2.24, 2.45) is 0 Å². The smallest absolute Gasteiger partial charge is 0.242 e. The minimum atomic E-state index is -3.59. The van der Waals surface area contributed by atoms with Crippen molar-refractivity contribution >= 4 is 33.2 Å².